The first kappa shape index (κ1) is 16.7. The molecule has 1 aromatic carbocycles. The number of hydrogen-bond donors (Lipinski definition) is 0. The zero-order chi connectivity index (χ0) is 17.8. The first-order valence-electron chi connectivity index (χ1n) is 8.05. The van der Waals surface area contributed by atoms with Crippen LogP contribution in [0.1, 0.15) is 23.0 Å². The topological polar surface area (TPSA) is 68.3 Å². The lowest BCUT2D eigenvalue weighted by Crippen LogP contribution is -2.28. The van der Waals surface area contributed by atoms with Crippen LogP contribution in [0, 0.1) is 0 Å². The molecule has 1 amide bonds. The molecule has 6 heteroatoms. The van der Waals surface area contributed by atoms with Gasteiger partial charge < -0.3 is 14.0 Å². The predicted octanol–water partition coefficient (Wildman–Crippen LogP) is 2.80. The van der Waals surface area contributed by atoms with Crippen molar-refractivity contribution in [2.24, 2.45) is 0 Å². The lowest BCUT2D eigenvalue weighted by atomic mass is 10.1. The van der Waals surface area contributed by atoms with Crippen molar-refractivity contribution in [1.82, 2.24) is 14.6 Å². The number of aromatic nitrogens is 2. The molecule has 0 saturated heterocycles. The van der Waals surface area contributed by atoms with Crippen molar-refractivity contribution < 1.29 is 9.32 Å². The molecule has 0 atom stereocenters. The molecule has 2 heterocycles. The van der Waals surface area contributed by atoms with Gasteiger partial charge in [0.25, 0.3) is 11.5 Å². The van der Waals surface area contributed by atoms with E-state index in [1.165, 1.54) is 11.0 Å². The van der Waals surface area contributed by atoms with Crippen molar-refractivity contribution >= 4 is 5.91 Å². The van der Waals surface area contributed by atoms with E-state index in [0.717, 1.165) is 11.3 Å². The molecule has 0 N–H and O–H groups in total. The Hall–Kier alpha value is -3.15. The minimum Gasteiger partial charge on any atom is -0.359 e. The van der Waals surface area contributed by atoms with Gasteiger partial charge in [-0.1, -0.05) is 35.5 Å². The summed E-state index contributed by atoms with van der Waals surface area (Å²) in [5.74, 6) is 0.342. The summed E-state index contributed by atoms with van der Waals surface area (Å²) in [6.45, 7) is 2.72. The molecular weight excluding hydrogens is 318 g/mol. The molecule has 0 radical (unpaired) electrons. The Labute approximate surface area is 145 Å². The third kappa shape index (κ3) is 3.68. The fourth-order valence-electron chi connectivity index (χ4n) is 2.56. The second-order valence-electron chi connectivity index (χ2n) is 5.75. The molecule has 0 unspecified atom stereocenters. The fraction of sp³-hybridized carbons (Fsp3) is 0.211. The molecule has 0 aliphatic rings. The third-order valence-electron chi connectivity index (χ3n) is 3.95. The Morgan fingerprint density at radius 2 is 1.96 bits per heavy atom. The van der Waals surface area contributed by atoms with Crippen LogP contribution < -0.4 is 5.56 Å². The number of benzene rings is 1. The average molecular weight is 337 g/mol. The molecule has 6 nitrogen and oxygen atoms in total. The molecule has 3 aromatic rings. The maximum absolute atomic E-state index is 12.5. The number of nitrogens with zero attached hydrogens (tertiary/aromatic N) is 3. The van der Waals surface area contributed by atoms with Gasteiger partial charge in [-0.25, -0.2) is 0 Å². The van der Waals surface area contributed by atoms with Crippen molar-refractivity contribution in [2.45, 2.75) is 20.0 Å². The third-order valence-corrected chi connectivity index (χ3v) is 3.95. The minimum absolute atomic E-state index is 0.187. The van der Waals surface area contributed by atoms with Crippen LogP contribution in [-0.4, -0.2) is 27.6 Å². The van der Waals surface area contributed by atoms with Crippen LogP contribution in [0.25, 0.3) is 11.3 Å². The Balaban J connectivity index is 1.73. The molecule has 25 heavy (non-hydrogen) atoms. The molecule has 3 rings (SSSR count). The Kier molecular flexibility index (Phi) is 4.79. The SMILES string of the molecule is CCn1ccc(C(=O)N(C)Cc2cc(-c3ccccc3)no2)cc1=O. The molecule has 128 valence electrons. The standard InChI is InChI=1S/C19H19N3O3/c1-3-22-10-9-15(11-18(22)23)19(24)21(2)13-16-12-17(20-25-16)14-7-5-4-6-8-14/h4-12H,3,13H2,1-2H3. The van der Waals surface area contributed by atoms with Gasteiger partial charge in [-0.2, -0.15) is 0 Å². The summed E-state index contributed by atoms with van der Waals surface area (Å²) in [5.41, 5.74) is 1.85. The van der Waals surface area contributed by atoms with Crippen molar-refractivity contribution in [3.8, 4) is 11.3 Å². The van der Waals surface area contributed by atoms with Gasteiger partial charge in [0.1, 0.15) is 5.69 Å². The second-order valence-corrected chi connectivity index (χ2v) is 5.75. The van der Waals surface area contributed by atoms with Gasteiger partial charge in [0, 0.05) is 43.0 Å². The number of rotatable bonds is 5. The van der Waals surface area contributed by atoms with Crippen molar-refractivity contribution in [1.29, 1.82) is 0 Å². The summed E-state index contributed by atoms with van der Waals surface area (Å²) in [6, 6.07) is 14.5. The molecule has 0 fully saturated rings. The molecular formula is C19H19N3O3. The predicted molar refractivity (Wildman–Crippen MR) is 94.1 cm³/mol. The summed E-state index contributed by atoms with van der Waals surface area (Å²) < 4.78 is 6.87. The largest absolute Gasteiger partial charge is 0.359 e. The van der Waals surface area contributed by atoms with E-state index in [0.29, 0.717) is 17.9 Å². The van der Waals surface area contributed by atoms with Crippen LogP contribution >= 0.6 is 0 Å². The highest BCUT2D eigenvalue weighted by Crippen LogP contribution is 2.19. The van der Waals surface area contributed by atoms with Crippen LogP contribution in [0.4, 0.5) is 0 Å². The van der Waals surface area contributed by atoms with Crippen LogP contribution in [0.15, 0.2) is 64.0 Å². The van der Waals surface area contributed by atoms with Gasteiger partial charge in [0.2, 0.25) is 0 Å². The number of carbonyl (C=O) groups excluding carboxylic acids is 1. The number of amides is 1. The second kappa shape index (κ2) is 7.17. The van der Waals surface area contributed by atoms with E-state index in [1.54, 1.807) is 23.9 Å². The maximum Gasteiger partial charge on any atom is 0.254 e. The molecule has 0 saturated carbocycles. The van der Waals surface area contributed by atoms with Gasteiger partial charge in [-0.15, -0.1) is 0 Å². The zero-order valence-electron chi connectivity index (χ0n) is 14.2. The molecule has 2 aromatic heterocycles. The van der Waals surface area contributed by atoms with Gasteiger partial charge >= 0.3 is 0 Å². The Morgan fingerprint density at radius 1 is 1.20 bits per heavy atom. The van der Waals surface area contributed by atoms with E-state index < -0.39 is 0 Å². The number of carbonyl (C=O) groups is 1. The minimum atomic E-state index is -0.238. The van der Waals surface area contributed by atoms with Gasteiger partial charge in [0.15, 0.2) is 5.76 Å². The average Bonchev–Trinajstić information content (AvgIpc) is 3.10. The van der Waals surface area contributed by atoms with Crippen LogP contribution in [0.2, 0.25) is 0 Å². The summed E-state index contributed by atoms with van der Waals surface area (Å²) in [5, 5.41) is 4.04. The smallest absolute Gasteiger partial charge is 0.254 e. The highest BCUT2D eigenvalue weighted by Gasteiger charge is 2.16. The molecule has 0 spiro atoms. The lowest BCUT2D eigenvalue weighted by molar-refractivity contribution is 0.0772. The van der Waals surface area contributed by atoms with Gasteiger partial charge in [0.05, 0.1) is 6.54 Å². The first-order valence-corrected chi connectivity index (χ1v) is 8.05. The van der Waals surface area contributed by atoms with Crippen LogP contribution in [0.5, 0.6) is 0 Å². The monoisotopic (exact) mass is 337 g/mol. The molecule has 0 aliphatic heterocycles. The van der Waals surface area contributed by atoms with Gasteiger partial charge in [-0.3, -0.25) is 9.59 Å². The maximum atomic E-state index is 12.5. The normalized spacial score (nSPS) is 10.6. The van der Waals surface area contributed by atoms with E-state index in [-0.39, 0.29) is 18.0 Å². The Bertz CT molecular complexity index is 928. The highest BCUT2D eigenvalue weighted by molar-refractivity contribution is 5.93. The number of pyridine rings is 1. The van der Waals surface area contributed by atoms with E-state index in [1.807, 2.05) is 43.3 Å². The summed E-state index contributed by atoms with van der Waals surface area (Å²) in [7, 11) is 1.67. The number of hydrogen-bond acceptors (Lipinski definition) is 4. The quantitative estimate of drug-likeness (QED) is 0.718. The summed E-state index contributed by atoms with van der Waals surface area (Å²) in [6.07, 6.45) is 1.63. The van der Waals surface area contributed by atoms with E-state index in [9.17, 15) is 9.59 Å². The van der Waals surface area contributed by atoms with E-state index in [2.05, 4.69) is 5.16 Å². The fourth-order valence-corrected chi connectivity index (χ4v) is 2.56. The first-order chi connectivity index (χ1) is 12.1. The van der Waals surface area contributed by atoms with Crippen molar-refractivity contribution in [3.63, 3.8) is 0 Å². The highest BCUT2D eigenvalue weighted by atomic mass is 16.5. The molecule has 0 bridgehead atoms. The van der Waals surface area contributed by atoms with Crippen molar-refractivity contribution in [2.75, 3.05) is 7.05 Å². The van der Waals surface area contributed by atoms with E-state index in [4.69, 9.17) is 4.52 Å². The van der Waals surface area contributed by atoms with E-state index >= 15 is 0 Å². The van der Waals surface area contributed by atoms with Crippen molar-refractivity contribution in [3.05, 3.63) is 76.4 Å². The Morgan fingerprint density at radius 3 is 2.64 bits per heavy atom. The number of aryl methyl sites for hydroxylation is 1. The zero-order valence-corrected chi connectivity index (χ0v) is 14.2. The summed E-state index contributed by atoms with van der Waals surface area (Å²) >= 11 is 0. The molecule has 0 aliphatic carbocycles. The summed E-state index contributed by atoms with van der Waals surface area (Å²) in [4.78, 5) is 25.9. The lowest BCUT2D eigenvalue weighted by Gasteiger charge is -2.15. The van der Waals surface area contributed by atoms with Crippen LogP contribution in [0.3, 0.4) is 0 Å². The van der Waals surface area contributed by atoms with Gasteiger partial charge in [-0.05, 0) is 13.0 Å². The van der Waals surface area contributed by atoms with Crippen LogP contribution in [-0.2, 0) is 13.1 Å².